The molecule has 2 aromatic carbocycles. The number of carbonyl (C=O) groups excluding carboxylic acids is 3. The maximum absolute atomic E-state index is 13.7. The molecule has 3 heterocycles. The van der Waals surface area contributed by atoms with Crippen molar-refractivity contribution < 1.29 is 38.8 Å². The van der Waals surface area contributed by atoms with Crippen LogP contribution in [0.4, 0.5) is 4.79 Å². The molecule has 0 aliphatic heterocycles. The van der Waals surface area contributed by atoms with Crippen LogP contribution in [0.1, 0.15) is 204 Å². The lowest BCUT2D eigenvalue weighted by molar-refractivity contribution is -0.164. The highest BCUT2D eigenvalue weighted by molar-refractivity contribution is 6.10. The summed E-state index contributed by atoms with van der Waals surface area (Å²) in [7, 11) is 0. The number of aliphatic hydroxyl groups excluding tert-OH is 2. The molecular formula is C75H108N8O8. The lowest BCUT2D eigenvalue weighted by Gasteiger charge is -2.61. The molecule has 8 aliphatic rings. The molecule has 496 valence electrons. The van der Waals surface area contributed by atoms with Crippen molar-refractivity contribution in [3.8, 4) is 22.5 Å². The molecule has 3 aromatic heterocycles. The molecule has 8 saturated carbocycles. The second-order valence-corrected chi connectivity index (χ2v) is 32.9. The first-order chi connectivity index (χ1) is 43.6. The van der Waals surface area contributed by atoms with Crippen LogP contribution in [0, 0.1) is 92.7 Å². The Morgan fingerprint density at radius 1 is 0.593 bits per heavy atom. The molecule has 1 amide bonds. The molecule has 8 aliphatic carbocycles. The summed E-state index contributed by atoms with van der Waals surface area (Å²) in [6, 6.07) is 12.5. The first-order valence-corrected chi connectivity index (χ1v) is 36.0. The molecule has 18 atom stereocenters. The Balaban J connectivity index is 0.644. The second kappa shape index (κ2) is 25.4. The number of hydrogen-bond acceptors (Lipinski definition) is 12. The summed E-state index contributed by atoms with van der Waals surface area (Å²) < 4.78 is 23.6. The predicted octanol–water partition coefficient (Wildman–Crippen LogP) is 14.8. The lowest BCUT2D eigenvalue weighted by Crippen LogP contribution is -2.54. The normalized spacial score (nSPS) is 35.1. The van der Waals surface area contributed by atoms with E-state index in [1.54, 1.807) is 9.36 Å². The van der Waals surface area contributed by atoms with Gasteiger partial charge in [-0.15, -0.1) is 10.2 Å². The van der Waals surface area contributed by atoms with E-state index in [0.29, 0.717) is 72.2 Å². The van der Waals surface area contributed by atoms with Gasteiger partial charge < -0.3 is 34.3 Å². The molecule has 16 nitrogen and oxygen atoms in total. The van der Waals surface area contributed by atoms with Gasteiger partial charge in [0.25, 0.3) is 0 Å². The van der Waals surface area contributed by atoms with Crippen molar-refractivity contribution in [1.82, 2.24) is 39.9 Å². The summed E-state index contributed by atoms with van der Waals surface area (Å²) in [5.41, 5.74) is 5.60. The van der Waals surface area contributed by atoms with Crippen LogP contribution >= 0.6 is 0 Å². The van der Waals surface area contributed by atoms with E-state index >= 15 is 0 Å². The average molecular weight is 1250 g/mol. The number of nitrogens with one attached hydrogen (secondary N) is 1. The minimum Gasteiger partial charge on any atom is -0.461 e. The standard InChI is InChI=1S/C75H108N8O8/c1-46(12-10-36-84)58-22-24-60-56-20-16-50-40-52(26-30-72(50,6)62(56)28-32-74(58,60)8)89-68(86)44-81-42-64(77-79-81)48-14-18-54-55-19-15-49(39-67(55)83(66(54)38-48)35-34-76-70(88)91-71(3,4)5)65-43-82(80-78-65)45-69(87)90-53-27-31-73(7)51(41-53)17-21-57-61-25-23-59(47(2)13-11-37-85)75(61,9)33-29-63(57)73/h14-15,18-19,38-39,42-43,46-47,50-53,56-63,84-85H,10-13,16-17,20-37,40-41,44-45H2,1-9H3,(H,76,88)/t46-,47-,50-,51-,52-,53-,56+,57+,58?,59?,60+,61+,62?,63?,72?,73?,74?,75?/m1/s1. The van der Waals surface area contributed by atoms with E-state index in [9.17, 15) is 24.6 Å². The Morgan fingerprint density at radius 2 is 1.03 bits per heavy atom. The van der Waals surface area contributed by atoms with E-state index in [-0.39, 0.29) is 48.1 Å². The summed E-state index contributed by atoms with van der Waals surface area (Å²) in [6.45, 7) is 22.2. The number of benzene rings is 2. The van der Waals surface area contributed by atoms with Crippen LogP contribution < -0.4 is 5.32 Å². The van der Waals surface area contributed by atoms with Gasteiger partial charge in [0.15, 0.2) is 0 Å². The van der Waals surface area contributed by atoms with Gasteiger partial charge in [-0.05, 0) is 267 Å². The van der Waals surface area contributed by atoms with Crippen molar-refractivity contribution in [2.45, 2.75) is 241 Å². The number of esters is 2. The predicted molar refractivity (Wildman–Crippen MR) is 353 cm³/mol. The van der Waals surface area contributed by atoms with Crippen molar-refractivity contribution in [1.29, 1.82) is 0 Å². The highest BCUT2D eigenvalue weighted by atomic mass is 16.6. The van der Waals surface area contributed by atoms with Gasteiger partial charge in [-0.25, -0.2) is 14.2 Å². The summed E-state index contributed by atoms with van der Waals surface area (Å²) in [5.74, 6) is 8.14. The highest BCUT2D eigenvalue weighted by Crippen LogP contribution is 2.70. The number of amides is 1. The number of hydrogen-bond donors (Lipinski definition) is 3. The SMILES string of the molecule is C[C@H](CCCO)C1CC[C@H]2[C@@H]3CC[C@@H]4C[C@H](OC(=O)Cn5cc(-c6ccc7c8ccc(-c9cn(CC(=O)O[C@@H]%10CCC%11(C)C%12CCC%13(C)C([C@H](C)CCCO)CC[C@H]%13[C@@H]%12CC[C@@H]%11C%10)nn9)cc8n(CCNC(=O)OC(C)(C)C)c7c6)nn5)CCC4(C)C3CCC12C. The van der Waals surface area contributed by atoms with Gasteiger partial charge in [0.2, 0.25) is 0 Å². The highest BCUT2D eigenvalue weighted by Gasteiger charge is 2.63. The maximum atomic E-state index is 13.7. The number of aliphatic hydroxyl groups is 2. The number of ether oxygens (including phenoxy) is 3. The van der Waals surface area contributed by atoms with E-state index in [4.69, 9.17) is 14.2 Å². The average Bonchev–Trinajstić information content (AvgIpc) is 1.72. The maximum Gasteiger partial charge on any atom is 0.407 e. The summed E-state index contributed by atoms with van der Waals surface area (Å²) >= 11 is 0. The minimum atomic E-state index is -0.642. The molecule has 0 spiro atoms. The molecule has 5 aromatic rings. The fourth-order valence-electron chi connectivity index (χ4n) is 22.8. The molecule has 0 bridgehead atoms. The van der Waals surface area contributed by atoms with Crippen LogP contribution in [-0.2, 0) is 43.4 Å². The first kappa shape index (κ1) is 64.4. The van der Waals surface area contributed by atoms with Crippen molar-refractivity contribution in [3.63, 3.8) is 0 Å². The number of rotatable bonds is 19. The van der Waals surface area contributed by atoms with Gasteiger partial charge in [-0.1, -0.05) is 76.2 Å². The Morgan fingerprint density at radius 3 is 1.47 bits per heavy atom. The van der Waals surface area contributed by atoms with Crippen LogP contribution in [0.25, 0.3) is 44.3 Å². The fourth-order valence-corrected chi connectivity index (χ4v) is 22.8. The van der Waals surface area contributed by atoms with Gasteiger partial charge in [-0.2, -0.15) is 0 Å². The van der Waals surface area contributed by atoms with Crippen molar-refractivity contribution in [2.24, 2.45) is 92.7 Å². The summed E-state index contributed by atoms with van der Waals surface area (Å²) in [4.78, 5) is 40.4. The van der Waals surface area contributed by atoms with Gasteiger partial charge in [0.05, 0.1) is 12.4 Å². The molecule has 16 heteroatoms. The number of aromatic nitrogens is 7. The van der Waals surface area contributed by atoms with Crippen LogP contribution in [0.15, 0.2) is 48.8 Å². The topological polar surface area (TPSA) is 198 Å². The van der Waals surface area contributed by atoms with Crippen LogP contribution in [-0.4, -0.2) is 100 Å². The fraction of sp³-hybridized carbons (Fsp3) is 0.747. The van der Waals surface area contributed by atoms with Crippen molar-refractivity contribution >= 4 is 39.8 Å². The zero-order valence-corrected chi connectivity index (χ0v) is 56.5. The number of alkyl carbamates (subject to hydrolysis) is 1. The van der Waals surface area contributed by atoms with Crippen LogP contribution in [0.2, 0.25) is 0 Å². The third-order valence-electron chi connectivity index (χ3n) is 27.1. The zero-order valence-electron chi connectivity index (χ0n) is 56.5. The van der Waals surface area contributed by atoms with E-state index in [2.05, 4.69) is 96.3 Å². The van der Waals surface area contributed by atoms with Gasteiger partial charge in [-0.3, -0.25) is 9.59 Å². The lowest BCUT2D eigenvalue weighted by atomic mass is 9.44. The Kier molecular flexibility index (Phi) is 18.0. The van der Waals surface area contributed by atoms with E-state index < -0.39 is 11.7 Å². The summed E-state index contributed by atoms with van der Waals surface area (Å²) in [6.07, 6.45) is 28.7. The smallest absolute Gasteiger partial charge is 0.407 e. The van der Waals surface area contributed by atoms with E-state index in [0.717, 1.165) is 144 Å². The molecule has 0 saturated heterocycles. The van der Waals surface area contributed by atoms with Crippen LogP contribution in [0.5, 0.6) is 0 Å². The number of nitrogens with zero attached hydrogens (tertiary/aromatic N) is 7. The van der Waals surface area contributed by atoms with Crippen molar-refractivity contribution in [2.75, 3.05) is 19.8 Å². The zero-order chi connectivity index (χ0) is 63.8. The molecule has 13 rings (SSSR count). The number of fused-ring (bicyclic) bond motifs is 13. The van der Waals surface area contributed by atoms with Gasteiger partial charge in [0, 0.05) is 59.2 Å². The Labute approximate surface area is 540 Å². The van der Waals surface area contributed by atoms with E-state index in [1.165, 1.54) is 77.0 Å². The third-order valence-corrected chi connectivity index (χ3v) is 27.1. The largest absolute Gasteiger partial charge is 0.461 e. The minimum absolute atomic E-state index is 0.0160. The monoisotopic (exact) mass is 1250 g/mol. The van der Waals surface area contributed by atoms with Gasteiger partial charge >= 0.3 is 18.0 Å². The molecule has 3 N–H and O–H groups in total. The third kappa shape index (κ3) is 12.2. The molecule has 0 radical (unpaired) electrons. The second-order valence-electron chi connectivity index (χ2n) is 32.9. The molecule has 8 fully saturated rings. The Hall–Kier alpha value is -5.35. The van der Waals surface area contributed by atoms with E-state index in [1.807, 2.05) is 45.3 Å². The molecular weight excluding hydrogens is 1140 g/mol. The molecule has 8 unspecified atom stereocenters. The van der Waals surface area contributed by atoms with Gasteiger partial charge in [0.1, 0.15) is 42.3 Å². The number of carbonyl (C=O) groups is 3. The summed E-state index contributed by atoms with van der Waals surface area (Å²) in [5, 5.41) is 42.2. The quantitative estimate of drug-likeness (QED) is 0.0523. The molecule has 91 heavy (non-hydrogen) atoms. The first-order valence-electron chi connectivity index (χ1n) is 36.0. The van der Waals surface area contributed by atoms with Crippen molar-refractivity contribution in [3.05, 3.63) is 48.8 Å². The Bertz CT molecular complexity index is 3230. The van der Waals surface area contributed by atoms with Crippen LogP contribution in [0.3, 0.4) is 0 Å².